The lowest BCUT2D eigenvalue weighted by atomic mass is 9.98. The smallest absolute Gasteiger partial charge is 0.146 e. The minimum Gasteiger partial charge on any atom is -0.386 e. The third-order valence-corrected chi connectivity index (χ3v) is 3.48. The van der Waals surface area contributed by atoms with Gasteiger partial charge in [0, 0.05) is 11.8 Å². The molecule has 0 aliphatic carbocycles. The second-order valence-corrected chi connectivity index (χ2v) is 4.55. The van der Waals surface area contributed by atoms with E-state index < -0.39 is 0 Å². The van der Waals surface area contributed by atoms with Crippen LogP contribution >= 0.6 is 35.1 Å². The maximum atomic E-state index is 5.96. The van der Waals surface area contributed by atoms with Crippen LogP contribution in [0.25, 0.3) is 11.1 Å². The zero-order valence-electron chi connectivity index (χ0n) is 9.50. The molecule has 0 aliphatic rings. The summed E-state index contributed by atoms with van der Waals surface area (Å²) in [5, 5.41) is 0. The Morgan fingerprint density at radius 3 is 2.44 bits per heavy atom. The van der Waals surface area contributed by atoms with Crippen LogP contribution in [0.2, 0.25) is 0 Å². The fourth-order valence-electron chi connectivity index (χ4n) is 1.80. The Bertz CT molecular complexity index is 540. The van der Waals surface area contributed by atoms with Crippen molar-refractivity contribution < 1.29 is 4.29 Å². The first-order valence-corrected chi connectivity index (χ1v) is 6.79. The molecular weight excluding hydrogens is 291 g/mol. The van der Waals surface area contributed by atoms with Crippen molar-refractivity contribution in [2.75, 3.05) is 0 Å². The molecule has 0 unspecified atom stereocenters. The van der Waals surface area contributed by atoms with E-state index in [-0.39, 0.29) is 0 Å². The van der Waals surface area contributed by atoms with Crippen molar-refractivity contribution in [2.45, 2.75) is 11.8 Å². The van der Waals surface area contributed by atoms with Crippen molar-refractivity contribution >= 4 is 35.1 Å². The highest BCUT2D eigenvalue weighted by Crippen LogP contribution is 2.29. The van der Waals surface area contributed by atoms with E-state index in [1.54, 1.807) is 6.07 Å². The van der Waals surface area contributed by atoms with Gasteiger partial charge in [0.1, 0.15) is 17.6 Å². The summed E-state index contributed by atoms with van der Waals surface area (Å²) in [6.07, 6.45) is 0. The molecule has 0 fully saturated rings. The van der Waals surface area contributed by atoms with E-state index in [9.17, 15) is 0 Å². The van der Waals surface area contributed by atoms with Gasteiger partial charge in [-0.2, -0.15) is 0 Å². The summed E-state index contributed by atoms with van der Waals surface area (Å²) in [6, 6.07) is 13.6. The summed E-state index contributed by atoms with van der Waals surface area (Å²) in [5.74, 6) is 1.52. The summed E-state index contributed by atoms with van der Waals surface area (Å²) < 4.78 is 4.72. The molecule has 0 amide bonds. The molecule has 2 rings (SSSR count). The van der Waals surface area contributed by atoms with Gasteiger partial charge in [0.2, 0.25) is 0 Å². The molecule has 0 aromatic heterocycles. The lowest BCUT2D eigenvalue weighted by molar-refractivity contribution is 0.619. The second-order valence-electron chi connectivity index (χ2n) is 3.86. The van der Waals surface area contributed by atoms with Crippen molar-refractivity contribution in [2.24, 2.45) is 0 Å². The van der Waals surface area contributed by atoms with E-state index in [2.05, 4.69) is 0 Å². The number of hydrogen-bond acceptors (Lipinski definition) is 1. The largest absolute Gasteiger partial charge is 0.386 e. The van der Waals surface area contributed by atoms with E-state index in [0.717, 1.165) is 22.3 Å². The highest BCUT2D eigenvalue weighted by molar-refractivity contribution is 6.18. The summed E-state index contributed by atoms with van der Waals surface area (Å²) in [7, 11) is 0. The molecule has 2 aromatic rings. The molecule has 94 valence electrons. The quantitative estimate of drug-likeness (QED) is 0.690. The van der Waals surface area contributed by atoms with Crippen LogP contribution in [0, 0.1) is 0 Å². The summed E-state index contributed by atoms with van der Waals surface area (Å²) in [5.41, 5.74) is 4.17. The van der Waals surface area contributed by atoms with Crippen LogP contribution in [0.3, 0.4) is 0 Å². The highest BCUT2D eigenvalue weighted by atomic mass is 35.5. The van der Waals surface area contributed by atoms with Crippen LogP contribution in [-0.2, 0) is 11.8 Å². The van der Waals surface area contributed by atoms with Crippen LogP contribution < -0.4 is 4.29 Å². The lowest BCUT2D eigenvalue weighted by Crippen LogP contribution is -1.89. The molecule has 4 heteroatoms. The van der Waals surface area contributed by atoms with E-state index in [0.29, 0.717) is 17.5 Å². The standard InChI is InChI=1S/C14H11Cl3O/c15-8-10-4-5-12(9-16)14(6-10)11-2-1-3-13(7-11)18-17/h1-7H,8-9H2. The minimum atomic E-state index is 0.448. The maximum Gasteiger partial charge on any atom is 0.146 e. The van der Waals surface area contributed by atoms with Crippen LogP contribution in [-0.4, -0.2) is 0 Å². The van der Waals surface area contributed by atoms with Gasteiger partial charge in [0.05, 0.1) is 0 Å². The zero-order valence-corrected chi connectivity index (χ0v) is 11.8. The number of hydrogen-bond donors (Lipinski definition) is 0. The maximum absolute atomic E-state index is 5.96. The molecule has 2 aromatic carbocycles. The van der Waals surface area contributed by atoms with Crippen molar-refractivity contribution in [3.8, 4) is 16.9 Å². The van der Waals surface area contributed by atoms with Gasteiger partial charge < -0.3 is 4.29 Å². The van der Waals surface area contributed by atoms with Crippen molar-refractivity contribution in [1.82, 2.24) is 0 Å². The summed E-state index contributed by atoms with van der Waals surface area (Å²) in [4.78, 5) is 0. The van der Waals surface area contributed by atoms with E-state index >= 15 is 0 Å². The fraction of sp³-hybridized carbons (Fsp3) is 0.143. The van der Waals surface area contributed by atoms with Gasteiger partial charge in [-0.1, -0.05) is 24.3 Å². The highest BCUT2D eigenvalue weighted by Gasteiger charge is 2.07. The molecule has 0 heterocycles. The topological polar surface area (TPSA) is 9.23 Å². The first kappa shape index (κ1) is 13.5. The predicted molar refractivity (Wildman–Crippen MR) is 77.5 cm³/mol. The lowest BCUT2D eigenvalue weighted by Gasteiger charge is -2.10. The molecule has 1 nitrogen and oxygen atoms in total. The Hall–Kier alpha value is -0.890. The fourth-order valence-corrected chi connectivity index (χ4v) is 2.30. The van der Waals surface area contributed by atoms with E-state index in [1.165, 1.54) is 0 Å². The first-order valence-electron chi connectivity index (χ1n) is 5.41. The zero-order chi connectivity index (χ0) is 13.0. The normalized spacial score (nSPS) is 10.4. The average molecular weight is 302 g/mol. The Morgan fingerprint density at radius 2 is 1.78 bits per heavy atom. The molecule has 18 heavy (non-hydrogen) atoms. The van der Waals surface area contributed by atoms with Gasteiger partial charge in [-0.3, -0.25) is 0 Å². The Balaban J connectivity index is 2.53. The third kappa shape index (κ3) is 2.92. The molecule has 0 atom stereocenters. The molecule has 0 saturated carbocycles. The average Bonchev–Trinajstić information content (AvgIpc) is 2.46. The first-order chi connectivity index (χ1) is 8.78. The number of benzene rings is 2. The summed E-state index contributed by atoms with van der Waals surface area (Å²) >= 11 is 17.2. The van der Waals surface area contributed by atoms with Crippen LogP contribution in [0.1, 0.15) is 11.1 Å². The number of halogens is 3. The molecule has 0 N–H and O–H groups in total. The van der Waals surface area contributed by atoms with Gasteiger partial charge in [-0.15, -0.1) is 23.2 Å². The molecule has 0 saturated heterocycles. The molecule has 0 radical (unpaired) electrons. The molecule has 0 aliphatic heterocycles. The van der Waals surface area contributed by atoms with Crippen molar-refractivity contribution in [3.63, 3.8) is 0 Å². The predicted octanol–water partition coefficient (Wildman–Crippen LogP) is 5.36. The van der Waals surface area contributed by atoms with Gasteiger partial charge >= 0.3 is 0 Å². The van der Waals surface area contributed by atoms with Gasteiger partial charge in [0.25, 0.3) is 0 Å². The molecule has 0 bridgehead atoms. The van der Waals surface area contributed by atoms with Crippen LogP contribution in [0.4, 0.5) is 0 Å². The van der Waals surface area contributed by atoms with Crippen molar-refractivity contribution in [1.29, 1.82) is 0 Å². The van der Waals surface area contributed by atoms with Gasteiger partial charge in [0.15, 0.2) is 0 Å². The van der Waals surface area contributed by atoms with Gasteiger partial charge in [-0.25, -0.2) is 0 Å². The second kappa shape index (κ2) is 6.33. The summed E-state index contributed by atoms with van der Waals surface area (Å²) in [6.45, 7) is 0. The Kier molecular flexibility index (Phi) is 4.76. The van der Waals surface area contributed by atoms with E-state index in [4.69, 9.17) is 39.4 Å². The van der Waals surface area contributed by atoms with Gasteiger partial charge in [-0.05, 0) is 40.5 Å². The Labute approximate surface area is 121 Å². The molecular formula is C14H11Cl3O. The number of rotatable bonds is 4. The third-order valence-electron chi connectivity index (χ3n) is 2.71. The molecule has 0 spiro atoms. The number of alkyl halides is 2. The Morgan fingerprint density at radius 1 is 0.944 bits per heavy atom. The van der Waals surface area contributed by atoms with Crippen LogP contribution in [0.5, 0.6) is 5.75 Å². The monoisotopic (exact) mass is 300 g/mol. The SMILES string of the molecule is ClCc1ccc(CCl)c(-c2cccc(OCl)c2)c1. The minimum absolute atomic E-state index is 0.448. The van der Waals surface area contributed by atoms with Crippen LogP contribution in [0.15, 0.2) is 42.5 Å². The van der Waals surface area contributed by atoms with Crippen molar-refractivity contribution in [3.05, 3.63) is 53.6 Å². The van der Waals surface area contributed by atoms with E-state index in [1.807, 2.05) is 36.4 Å².